The molecule has 0 aromatic rings. The summed E-state index contributed by atoms with van der Waals surface area (Å²) in [6.07, 6.45) is 0.583. The summed E-state index contributed by atoms with van der Waals surface area (Å²) in [7, 11) is 0. The highest BCUT2D eigenvalue weighted by molar-refractivity contribution is 6.67. The molecule has 0 N–H and O–H groups in total. The van der Waals surface area contributed by atoms with Crippen LogP contribution in [0.1, 0.15) is 19.3 Å². The van der Waals surface area contributed by atoms with Crippen molar-refractivity contribution in [2.45, 2.75) is 37.6 Å². The van der Waals surface area contributed by atoms with Gasteiger partial charge in [0.25, 0.3) is 0 Å². The third-order valence-electron chi connectivity index (χ3n) is 1.43. The van der Waals surface area contributed by atoms with Crippen LogP contribution in [-0.2, 0) is 0 Å². The van der Waals surface area contributed by atoms with E-state index in [2.05, 4.69) is 0 Å². The van der Waals surface area contributed by atoms with Gasteiger partial charge in [-0.05, 0) is 6.42 Å². The number of hydrogen-bond donors (Lipinski definition) is 0. The van der Waals surface area contributed by atoms with Gasteiger partial charge < -0.3 is 0 Å². The van der Waals surface area contributed by atoms with E-state index in [4.69, 9.17) is 92.8 Å². The molecule has 1 unspecified atom stereocenters. The van der Waals surface area contributed by atoms with Crippen molar-refractivity contribution in [3.8, 4) is 0 Å². The largest absolute Gasteiger partial charge is 0.192 e. The van der Waals surface area contributed by atoms with Crippen molar-refractivity contribution in [2.24, 2.45) is 0 Å². The third-order valence-corrected chi connectivity index (χ3v) is 3.12. The zero-order valence-corrected chi connectivity index (χ0v) is 13.3. The summed E-state index contributed by atoms with van der Waals surface area (Å²) in [6, 6.07) is 0. The molecule has 0 saturated carbocycles. The third kappa shape index (κ3) is 11.2. The van der Waals surface area contributed by atoms with Gasteiger partial charge in [0.05, 0.1) is 0 Å². The molecule has 92 valence electrons. The molecular weight excluding hydrogens is 368 g/mol. The van der Waals surface area contributed by atoms with Crippen molar-refractivity contribution in [3.63, 3.8) is 0 Å². The van der Waals surface area contributed by atoms with Gasteiger partial charge in [-0.25, -0.2) is 0 Å². The van der Waals surface area contributed by atoms with Gasteiger partial charge in [-0.15, -0.1) is 58.0 Å². The molecule has 0 aromatic carbocycles. The molecule has 0 rings (SSSR count). The summed E-state index contributed by atoms with van der Waals surface area (Å²) in [6.45, 7) is 0. The Morgan fingerprint density at radius 2 is 1.20 bits per heavy atom. The smallest absolute Gasteiger partial charge is 0.123 e. The van der Waals surface area contributed by atoms with Gasteiger partial charge in [-0.1, -0.05) is 34.8 Å². The summed E-state index contributed by atoms with van der Waals surface area (Å²) in [5.74, 6) is 0. The molecule has 1 atom stereocenters. The van der Waals surface area contributed by atoms with Crippen molar-refractivity contribution in [1.82, 2.24) is 0 Å². The lowest BCUT2D eigenvalue weighted by atomic mass is 10.1. The van der Waals surface area contributed by atoms with Crippen LogP contribution < -0.4 is 0 Å². The molecule has 0 heterocycles. The van der Waals surface area contributed by atoms with Crippen LogP contribution in [-0.4, -0.2) is 18.3 Å². The SMILES string of the molecule is ClC(Cl)CC(Cl)(Cl)CC(Cl)CC(Cl)(Cl)Cl. The van der Waals surface area contributed by atoms with Crippen LogP contribution in [0.4, 0.5) is 0 Å². The van der Waals surface area contributed by atoms with Crippen molar-refractivity contribution in [3.05, 3.63) is 0 Å². The van der Waals surface area contributed by atoms with Crippen LogP contribution in [0.25, 0.3) is 0 Å². The summed E-state index contributed by atoms with van der Waals surface area (Å²) >= 11 is 45.6. The molecule has 0 fully saturated rings. The monoisotopic (exact) mass is 372 g/mol. The van der Waals surface area contributed by atoms with E-state index in [1.54, 1.807) is 0 Å². The van der Waals surface area contributed by atoms with Gasteiger partial charge >= 0.3 is 0 Å². The fraction of sp³-hybridized carbons (Fsp3) is 1.00. The first-order valence-electron chi connectivity index (χ1n) is 3.88. The van der Waals surface area contributed by atoms with Crippen molar-refractivity contribution >= 4 is 92.8 Å². The molecule has 0 nitrogen and oxygen atoms in total. The molecule has 0 aliphatic carbocycles. The first-order chi connectivity index (χ1) is 6.52. The number of rotatable bonds is 5. The van der Waals surface area contributed by atoms with Gasteiger partial charge in [0, 0.05) is 18.2 Å². The first kappa shape index (κ1) is 17.3. The van der Waals surface area contributed by atoms with E-state index in [1.807, 2.05) is 0 Å². The Morgan fingerprint density at radius 1 is 0.733 bits per heavy atom. The first-order valence-corrected chi connectivity index (χ1v) is 7.08. The van der Waals surface area contributed by atoms with Crippen LogP contribution in [0, 0.1) is 0 Å². The minimum atomic E-state index is -1.42. The molecule has 0 radical (unpaired) electrons. The lowest BCUT2D eigenvalue weighted by Crippen LogP contribution is -2.24. The number of hydrogen-bond acceptors (Lipinski definition) is 0. The average molecular weight is 376 g/mol. The Hall–Kier alpha value is 2.32. The predicted octanol–water partition coefficient (Wildman–Crippen LogP) is 6.11. The highest BCUT2D eigenvalue weighted by Crippen LogP contribution is 2.40. The lowest BCUT2D eigenvalue weighted by molar-refractivity contribution is 0.608. The minimum Gasteiger partial charge on any atom is -0.123 e. The number of alkyl halides is 8. The second kappa shape index (κ2) is 7.04. The lowest BCUT2D eigenvalue weighted by Gasteiger charge is -2.24. The fourth-order valence-corrected chi connectivity index (χ4v) is 3.93. The predicted molar refractivity (Wildman–Crippen MR) is 73.7 cm³/mol. The Balaban J connectivity index is 4.10. The van der Waals surface area contributed by atoms with Crippen molar-refractivity contribution in [1.29, 1.82) is 0 Å². The summed E-state index contributed by atoms with van der Waals surface area (Å²) in [5.41, 5.74) is 0. The number of halogens is 8. The van der Waals surface area contributed by atoms with Gasteiger partial charge in [-0.3, -0.25) is 0 Å². The van der Waals surface area contributed by atoms with E-state index in [1.165, 1.54) is 0 Å². The average Bonchev–Trinajstić information content (AvgIpc) is 1.73. The zero-order valence-electron chi connectivity index (χ0n) is 7.30. The highest BCUT2D eigenvalue weighted by Gasteiger charge is 2.33. The molecular formula is C7H8Cl8. The molecule has 0 saturated heterocycles. The van der Waals surface area contributed by atoms with E-state index in [9.17, 15) is 0 Å². The Kier molecular flexibility index (Phi) is 8.13. The maximum absolute atomic E-state index is 5.94. The van der Waals surface area contributed by atoms with E-state index in [0.717, 1.165) is 0 Å². The van der Waals surface area contributed by atoms with Crippen LogP contribution in [0.5, 0.6) is 0 Å². The van der Waals surface area contributed by atoms with Crippen LogP contribution in [0.3, 0.4) is 0 Å². The molecule has 0 aromatic heterocycles. The van der Waals surface area contributed by atoms with Crippen LogP contribution in [0.15, 0.2) is 0 Å². The van der Waals surface area contributed by atoms with Crippen molar-refractivity contribution in [2.75, 3.05) is 0 Å². The minimum absolute atomic E-state index is 0.148. The van der Waals surface area contributed by atoms with Gasteiger partial charge in [0.15, 0.2) is 3.79 Å². The second-order valence-corrected chi connectivity index (χ2v) is 9.12. The molecule has 0 aliphatic heterocycles. The van der Waals surface area contributed by atoms with E-state index in [0.29, 0.717) is 0 Å². The summed E-state index contributed by atoms with van der Waals surface area (Å²) < 4.78 is -2.53. The molecule has 0 spiro atoms. The normalized spacial score (nSPS) is 15.8. The van der Waals surface area contributed by atoms with Crippen LogP contribution in [0.2, 0.25) is 0 Å². The Labute approximate surface area is 129 Å². The molecule has 15 heavy (non-hydrogen) atoms. The molecule has 0 bridgehead atoms. The maximum Gasteiger partial charge on any atom is 0.192 e. The van der Waals surface area contributed by atoms with E-state index < -0.39 is 18.3 Å². The standard InChI is InChI=1S/C7H8Cl8/c8-4(2-7(13,14)15)1-6(11,12)3-5(9)10/h4-5H,1-3H2. The summed E-state index contributed by atoms with van der Waals surface area (Å²) in [5, 5.41) is -0.459. The van der Waals surface area contributed by atoms with Crippen molar-refractivity contribution < 1.29 is 0 Å². The second-order valence-electron chi connectivity index (χ2n) is 3.07. The topological polar surface area (TPSA) is 0 Å². The highest BCUT2D eigenvalue weighted by atomic mass is 35.6. The van der Waals surface area contributed by atoms with E-state index in [-0.39, 0.29) is 19.3 Å². The summed E-state index contributed by atoms with van der Waals surface area (Å²) in [4.78, 5) is -0.656. The zero-order chi connectivity index (χ0) is 12.3. The van der Waals surface area contributed by atoms with Crippen LogP contribution >= 0.6 is 92.8 Å². The quantitative estimate of drug-likeness (QED) is 0.508. The fourth-order valence-electron chi connectivity index (χ4n) is 0.956. The molecule has 0 amide bonds. The van der Waals surface area contributed by atoms with Gasteiger partial charge in [0.2, 0.25) is 0 Å². The van der Waals surface area contributed by atoms with Gasteiger partial charge in [-0.2, -0.15) is 0 Å². The molecule has 8 heteroatoms. The maximum atomic E-state index is 5.94. The van der Waals surface area contributed by atoms with Gasteiger partial charge in [0.1, 0.15) is 9.17 Å². The Bertz CT molecular complexity index is 184. The molecule has 0 aliphatic rings. The van der Waals surface area contributed by atoms with E-state index >= 15 is 0 Å². The Morgan fingerprint density at radius 3 is 1.53 bits per heavy atom.